The van der Waals surface area contributed by atoms with E-state index in [1.54, 1.807) is 18.2 Å². The molecule has 2 amide bonds. The van der Waals surface area contributed by atoms with Gasteiger partial charge in [-0.05, 0) is 35.7 Å². The minimum Gasteiger partial charge on any atom is -0.452 e. The number of benzene rings is 2. The highest BCUT2D eigenvalue weighted by atomic mass is 32.2. The summed E-state index contributed by atoms with van der Waals surface area (Å²) in [6.45, 7) is 0.209. The summed E-state index contributed by atoms with van der Waals surface area (Å²) in [6.07, 6.45) is 1.51. The van der Waals surface area contributed by atoms with E-state index >= 15 is 0 Å². The van der Waals surface area contributed by atoms with Gasteiger partial charge in [-0.2, -0.15) is 4.31 Å². The van der Waals surface area contributed by atoms with Crippen LogP contribution in [0.1, 0.15) is 25.7 Å². The number of nitrogens with one attached hydrogen (secondary N) is 1. The standard InChI is InChI=1S/C23H28N4O5S/c1-32-23(29)27-20-14-26(13-19(20)18(22(27)28)8-4-5-9-21(24)25)33(30,31)17-11-10-15-6-2-3-7-16(15)12-17/h2-3,6-7,10-12,18-20H,4-5,8-9,13-14H2,1H3,(H3,24,25)/t18-,19+,20-/m1/s1. The maximum Gasteiger partial charge on any atom is 0.416 e. The average Bonchev–Trinajstić information content (AvgIpc) is 3.33. The zero-order valence-electron chi connectivity index (χ0n) is 18.4. The molecule has 2 fully saturated rings. The van der Waals surface area contributed by atoms with Crippen LogP contribution in [-0.2, 0) is 19.6 Å². The van der Waals surface area contributed by atoms with Crippen molar-refractivity contribution in [1.29, 1.82) is 5.41 Å². The molecule has 176 valence electrons. The second kappa shape index (κ2) is 9.11. The number of carbonyl (C=O) groups is 2. The molecule has 2 aromatic carbocycles. The largest absolute Gasteiger partial charge is 0.452 e. The number of hydrogen-bond acceptors (Lipinski definition) is 6. The number of likely N-dealkylation sites (tertiary alicyclic amines) is 1. The maximum atomic E-state index is 13.4. The monoisotopic (exact) mass is 472 g/mol. The third kappa shape index (κ3) is 4.32. The number of nitrogens with two attached hydrogens (primary N) is 1. The fourth-order valence-electron chi connectivity index (χ4n) is 4.98. The van der Waals surface area contributed by atoms with E-state index in [9.17, 15) is 18.0 Å². The van der Waals surface area contributed by atoms with Crippen molar-refractivity contribution in [3.8, 4) is 0 Å². The van der Waals surface area contributed by atoms with Crippen LogP contribution in [0.5, 0.6) is 0 Å². The molecule has 3 atom stereocenters. The quantitative estimate of drug-likeness (QED) is 0.361. The molecule has 10 heteroatoms. The van der Waals surface area contributed by atoms with Gasteiger partial charge in [-0.25, -0.2) is 18.1 Å². The molecular weight excluding hydrogens is 444 g/mol. The first kappa shape index (κ1) is 23.2. The molecule has 0 spiro atoms. The predicted molar refractivity (Wildman–Crippen MR) is 123 cm³/mol. The van der Waals surface area contributed by atoms with Crippen molar-refractivity contribution in [1.82, 2.24) is 9.21 Å². The molecule has 2 aromatic rings. The van der Waals surface area contributed by atoms with Crippen molar-refractivity contribution >= 4 is 38.6 Å². The molecule has 2 heterocycles. The lowest BCUT2D eigenvalue weighted by atomic mass is 9.88. The zero-order chi connectivity index (χ0) is 23.8. The molecule has 2 aliphatic heterocycles. The Hall–Kier alpha value is -2.98. The van der Waals surface area contributed by atoms with Gasteiger partial charge in [0.05, 0.1) is 23.9 Å². The number of methoxy groups -OCH3 is 1. The van der Waals surface area contributed by atoms with Crippen LogP contribution in [0.2, 0.25) is 0 Å². The van der Waals surface area contributed by atoms with Crippen LogP contribution in [0.4, 0.5) is 4.79 Å². The van der Waals surface area contributed by atoms with Gasteiger partial charge in [0.1, 0.15) is 0 Å². The number of sulfonamides is 1. The Kier molecular flexibility index (Phi) is 6.40. The van der Waals surface area contributed by atoms with E-state index in [0.717, 1.165) is 15.7 Å². The summed E-state index contributed by atoms with van der Waals surface area (Å²) in [7, 11) is -2.60. The molecule has 33 heavy (non-hydrogen) atoms. The molecule has 0 aromatic heterocycles. The Morgan fingerprint density at radius 1 is 1.15 bits per heavy atom. The van der Waals surface area contributed by atoms with Gasteiger partial charge in [-0.1, -0.05) is 36.8 Å². The highest BCUT2D eigenvalue weighted by molar-refractivity contribution is 7.89. The summed E-state index contributed by atoms with van der Waals surface area (Å²) in [4.78, 5) is 26.7. The summed E-state index contributed by atoms with van der Waals surface area (Å²) < 4.78 is 33.1. The molecule has 0 unspecified atom stereocenters. The summed E-state index contributed by atoms with van der Waals surface area (Å²) in [5, 5.41) is 9.12. The predicted octanol–water partition coefficient (Wildman–Crippen LogP) is 2.55. The van der Waals surface area contributed by atoms with Gasteiger partial charge < -0.3 is 10.5 Å². The Morgan fingerprint density at radius 3 is 2.58 bits per heavy atom. The van der Waals surface area contributed by atoms with E-state index in [1.165, 1.54) is 11.4 Å². The number of nitrogens with zero attached hydrogens (tertiary/aromatic N) is 2. The highest BCUT2D eigenvalue weighted by Gasteiger charge is 2.56. The van der Waals surface area contributed by atoms with Gasteiger partial charge in [0.15, 0.2) is 0 Å². The molecule has 0 bridgehead atoms. The number of rotatable bonds is 7. The first-order valence-corrected chi connectivity index (χ1v) is 12.4. The van der Waals surface area contributed by atoms with Gasteiger partial charge in [-0.3, -0.25) is 10.2 Å². The molecule has 0 saturated carbocycles. The minimum absolute atomic E-state index is 0.0462. The lowest BCUT2D eigenvalue weighted by molar-refractivity contribution is -0.130. The van der Waals surface area contributed by atoms with Crippen molar-refractivity contribution in [2.75, 3.05) is 20.2 Å². The number of carbonyl (C=O) groups excluding carboxylic acids is 2. The Labute approximate surface area is 193 Å². The SMILES string of the molecule is COC(=O)N1C(=O)[C@H](CCCCC(=N)N)[C@@H]2CN(S(=O)(=O)c3ccc4ccccc4c3)C[C@H]21. The molecule has 9 nitrogen and oxygen atoms in total. The van der Waals surface area contributed by atoms with Crippen LogP contribution >= 0.6 is 0 Å². The van der Waals surface area contributed by atoms with E-state index < -0.39 is 28.1 Å². The number of amidine groups is 1. The number of hydrogen-bond donors (Lipinski definition) is 2. The second-order valence-corrected chi connectivity index (χ2v) is 10.6. The average molecular weight is 473 g/mol. The molecule has 2 saturated heterocycles. The molecule has 0 radical (unpaired) electrons. The van der Waals surface area contributed by atoms with E-state index in [-0.39, 0.29) is 35.6 Å². The molecule has 4 rings (SSSR count). The van der Waals surface area contributed by atoms with Crippen molar-refractivity contribution in [3.05, 3.63) is 42.5 Å². The molecule has 3 N–H and O–H groups in total. The van der Waals surface area contributed by atoms with Crippen LogP contribution in [0.25, 0.3) is 10.8 Å². The van der Waals surface area contributed by atoms with Crippen molar-refractivity contribution in [2.24, 2.45) is 17.6 Å². The molecule has 2 aliphatic rings. The summed E-state index contributed by atoms with van der Waals surface area (Å²) >= 11 is 0. The summed E-state index contributed by atoms with van der Waals surface area (Å²) in [5.41, 5.74) is 5.41. The summed E-state index contributed by atoms with van der Waals surface area (Å²) in [6, 6.07) is 12.0. The fourth-order valence-corrected chi connectivity index (χ4v) is 6.51. The third-order valence-corrected chi connectivity index (χ3v) is 8.47. The van der Waals surface area contributed by atoms with Crippen LogP contribution < -0.4 is 5.73 Å². The Balaban J connectivity index is 1.58. The summed E-state index contributed by atoms with van der Waals surface area (Å²) in [5.74, 6) is -1.00. The van der Waals surface area contributed by atoms with E-state index in [1.807, 2.05) is 24.3 Å². The lowest BCUT2D eigenvalue weighted by Crippen LogP contribution is -2.43. The second-order valence-electron chi connectivity index (χ2n) is 8.62. The van der Waals surface area contributed by atoms with Crippen LogP contribution in [-0.4, -0.2) is 61.7 Å². The molecular formula is C23H28N4O5S. The van der Waals surface area contributed by atoms with Gasteiger partial charge in [0.2, 0.25) is 15.9 Å². The first-order chi connectivity index (χ1) is 15.7. The Bertz CT molecular complexity index is 1200. The fraction of sp³-hybridized carbons (Fsp3) is 0.435. The van der Waals surface area contributed by atoms with E-state index in [2.05, 4.69) is 0 Å². The van der Waals surface area contributed by atoms with Crippen molar-refractivity contribution < 1.29 is 22.7 Å². The van der Waals surface area contributed by atoms with Crippen molar-refractivity contribution in [3.63, 3.8) is 0 Å². The smallest absolute Gasteiger partial charge is 0.416 e. The normalized spacial score (nSPS) is 23.1. The third-order valence-electron chi connectivity index (χ3n) is 6.64. The maximum absolute atomic E-state index is 13.4. The topological polar surface area (TPSA) is 134 Å². The van der Waals surface area contributed by atoms with E-state index in [0.29, 0.717) is 25.7 Å². The van der Waals surface area contributed by atoms with Gasteiger partial charge in [0.25, 0.3) is 0 Å². The lowest BCUT2D eigenvalue weighted by Gasteiger charge is -2.23. The molecule has 0 aliphatic carbocycles. The van der Waals surface area contributed by atoms with Gasteiger partial charge in [0, 0.05) is 31.3 Å². The number of imide groups is 1. The van der Waals surface area contributed by atoms with E-state index in [4.69, 9.17) is 15.9 Å². The van der Waals surface area contributed by atoms with Crippen molar-refractivity contribution in [2.45, 2.75) is 36.6 Å². The first-order valence-electron chi connectivity index (χ1n) is 11.0. The van der Waals surface area contributed by atoms with Crippen LogP contribution in [0.3, 0.4) is 0 Å². The number of fused-ring (bicyclic) bond motifs is 2. The number of ether oxygens (including phenoxy) is 1. The van der Waals surface area contributed by atoms with Gasteiger partial charge in [-0.15, -0.1) is 0 Å². The zero-order valence-corrected chi connectivity index (χ0v) is 19.3. The van der Waals surface area contributed by atoms with Crippen LogP contribution in [0.15, 0.2) is 47.4 Å². The number of unbranched alkanes of at least 4 members (excludes halogenated alkanes) is 1. The van der Waals surface area contributed by atoms with Gasteiger partial charge >= 0.3 is 6.09 Å². The van der Waals surface area contributed by atoms with Crippen LogP contribution in [0, 0.1) is 17.2 Å². The Morgan fingerprint density at radius 2 is 1.88 bits per heavy atom. The minimum atomic E-state index is -3.81. The number of amides is 2. The highest BCUT2D eigenvalue weighted by Crippen LogP contribution is 2.41.